The van der Waals surface area contributed by atoms with E-state index in [-0.39, 0.29) is 11.1 Å². The molecule has 128 valence electrons. The van der Waals surface area contributed by atoms with Crippen LogP contribution in [-0.2, 0) is 0 Å². The zero-order valence-electron chi connectivity index (χ0n) is 13.9. The van der Waals surface area contributed by atoms with E-state index in [0.717, 1.165) is 0 Å². The molecule has 24 heavy (non-hydrogen) atoms. The van der Waals surface area contributed by atoms with Crippen LogP contribution >= 0.6 is 0 Å². The maximum Gasteiger partial charge on any atom is 0.166 e. The van der Waals surface area contributed by atoms with Gasteiger partial charge in [0.2, 0.25) is 0 Å². The van der Waals surface area contributed by atoms with Gasteiger partial charge in [0, 0.05) is 11.1 Å². The Labute approximate surface area is 139 Å². The lowest BCUT2D eigenvalue weighted by atomic mass is 10.1. The lowest BCUT2D eigenvalue weighted by Gasteiger charge is -2.11. The van der Waals surface area contributed by atoms with E-state index in [1.54, 1.807) is 0 Å². The van der Waals surface area contributed by atoms with Crippen molar-refractivity contribution in [1.82, 2.24) is 0 Å². The van der Waals surface area contributed by atoms with Crippen LogP contribution in [0.15, 0.2) is 36.4 Å². The molecule has 2 aromatic carbocycles. The molecule has 0 aliphatic rings. The fourth-order valence-corrected chi connectivity index (χ4v) is 2.20. The molecule has 2 rings (SSSR count). The van der Waals surface area contributed by atoms with Gasteiger partial charge in [-0.05, 0) is 36.4 Å². The first kappa shape index (κ1) is 17.6. The normalized spacial score (nSPS) is 11.6. The molecule has 0 radical (unpaired) electrons. The summed E-state index contributed by atoms with van der Waals surface area (Å²) in [7, 11) is 5.78. The molecule has 0 saturated carbocycles. The molecule has 0 fully saturated rings. The van der Waals surface area contributed by atoms with Crippen molar-refractivity contribution in [3.8, 4) is 23.0 Å². The van der Waals surface area contributed by atoms with Gasteiger partial charge in [0.25, 0.3) is 0 Å². The summed E-state index contributed by atoms with van der Waals surface area (Å²) in [6, 6.07) is 8.59. The van der Waals surface area contributed by atoms with E-state index in [9.17, 15) is 8.78 Å². The second kappa shape index (κ2) is 7.68. The highest BCUT2D eigenvalue weighted by Gasteiger charge is 2.16. The highest BCUT2D eigenvalue weighted by Crippen LogP contribution is 2.37. The summed E-state index contributed by atoms with van der Waals surface area (Å²) in [5.41, 5.74) is 0.0832. The minimum Gasteiger partial charge on any atom is -0.493 e. The number of halogens is 2. The van der Waals surface area contributed by atoms with E-state index < -0.39 is 11.7 Å². The van der Waals surface area contributed by atoms with Gasteiger partial charge in [-0.15, -0.1) is 0 Å². The monoisotopic (exact) mass is 336 g/mol. The van der Waals surface area contributed by atoms with Crippen LogP contribution in [0, 0.1) is 0 Å². The van der Waals surface area contributed by atoms with Crippen molar-refractivity contribution in [2.45, 2.75) is 0 Å². The first-order valence-corrected chi connectivity index (χ1v) is 7.05. The van der Waals surface area contributed by atoms with E-state index in [2.05, 4.69) is 0 Å². The maximum atomic E-state index is 14.5. The van der Waals surface area contributed by atoms with Crippen LogP contribution < -0.4 is 18.9 Å². The number of hydrogen-bond acceptors (Lipinski definition) is 4. The van der Waals surface area contributed by atoms with Gasteiger partial charge in [-0.3, -0.25) is 0 Å². The standard InChI is InChI=1S/C18H18F2O4/c1-21-13-7-5-11(9-15(13)23-3)17(19)18(20)12-6-8-14(22-2)16(10-12)24-4/h5-10H,1-4H3/b18-17+. The Balaban J connectivity index is 2.47. The summed E-state index contributed by atoms with van der Waals surface area (Å²) in [5, 5.41) is 0. The number of hydrogen-bond donors (Lipinski definition) is 0. The van der Waals surface area contributed by atoms with E-state index in [4.69, 9.17) is 18.9 Å². The number of ether oxygens (including phenoxy) is 4. The molecule has 0 unspecified atom stereocenters. The van der Waals surface area contributed by atoms with Gasteiger partial charge in [0.1, 0.15) is 0 Å². The molecule has 6 heteroatoms. The van der Waals surface area contributed by atoms with Gasteiger partial charge in [-0.2, -0.15) is 0 Å². The van der Waals surface area contributed by atoms with Crippen molar-refractivity contribution in [3.05, 3.63) is 47.5 Å². The average molecular weight is 336 g/mol. The highest BCUT2D eigenvalue weighted by atomic mass is 19.2. The van der Waals surface area contributed by atoms with Gasteiger partial charge in [-0.1, -0.05) is 0 Å². The van der Waals surface area contributed by atoms with Crippen molar-refractivity contribution < 1.29 is 27.7 Å². The molecule has 0 spiro atoms. The Morgan fingerprint density at radius 1 is 0.583 bits per heavy atom. The van der Waals surface area contributed by atoms with Crippen LogP contribution in [0.3, 0.4) is 0 Å². The maximum absolute atomic E-state index is 14.5. The van der Waals surface area contributed by atoms with Crippen LogP contribution in [0.4, 0.5) is 8.78 Å². The SMILES string of the molecule is COc1ccc(/C(F)=C(\F)c2ccc(OC)c(OC)c2)cc1OC. The summed E-state index contributed by atoms with van der Waals surface area (Å²) in [6.45, 7) is 0. The molecule has 0 aliphatic carbocycles. The predicted octanol–water partition coefficient (Wildman–Crippen LogP) is 4.49. The van der Waals surface area contributed by atoms with Crippen LogP contribution in [0.25, 0.3) is 11.7 Å². The Kier molecular flexibility index (Phi) is 5.63. The molecule has 0 bridgehead atoms. The zero-order chi connectivity index (χ0) is 17.7. The summed E-state index contributed by atoms with van der Waals surface area (Å²) in [6.07, 6.45) is 0. The Hall–Kier alpha value is -2.76. The Morgan fingerprint density at radius 2 is 0.917 bits per heavy atom. The minimum absolute atomic E-state index is 0.0416. The largest absolute Gasteiger partial charge is 0.493 e. The van der Waals surface area contributed by atoms with E-state index in [1.165, 1.54) is 64.8 Å². The molecule has 2 aromatic rings. The van der Waals surface area contributed by atoms with Crippen LogP contribution in [-0.4, -0.2) is 28.4 Å². The third-order valence-electron chi connectivity index (χ3n) is 3.47. The second-order valence-electron chi connectivity index (χ2n) is 4.77. The van der Waals surface area contributed by atoms with Gasteiger partial charge >= 0.3 is 0 Å². The lowest BCUT2D eigenvalue weighted by molar-refractivity contribution is 0.354. The first-order chi connectivity index (χ1) is 11.5. The molecular formula is C18H18F2O4. The predicted molar refractivity (Wildman–Crippen MR) is 88.1 cm³/mol. The molecule has 0 saturated heterocycles. The van der Waals surface area contributed by atoms with E-state index in [0.29, 0.717) is 23.0 Å². The van der Waals surface area contributed by atoms with E-state index in [1.807, 2.05) is 0 Å². The summed E-state index contributed by atoms with van der Waals surface area (Å²) in [5.74, 6) is -0.539. The molecule has 0 aromatic heterocycles. The van der Waals surface area contributed by atoms with Crippen molar-refractivity contribution in [2.24, 2.45) is 0 Å². The van der Waals surface area contributed by atoms with Crippen molar-refractivity contribution >= 4 is 11.7 Å². The van der Waals surface area contributed by atoms with Gasteiger partial charge in [0.05, 0.1) is 28.4 Å². The molecule has 0 aliphatic heterocycles. The van der Waals surface area contributed by atoms with Gasteiger partial charge in [-0.25, -0.2) is 8.78 Å². The molecule has 0 N–H and O–H groups in total. The fraction of sp³-hybridized carbons (Fsp3) is 0.222. The first-order valence-electron chi connectivity index (χ1n) is 7.05. The Morgan fingerprint density at radius 3 is 1.21 bits per heavy atom. The summed E-state index contributed by atoms with van der Waals surface area (Å²) < 4.78 is 49.4. The summed E-state index contributed by atoms with van der Waals surface area (Å²) >= 11 is 0. The van der Waals surface area contributed by atoms with Crippen molar-refractivity contribution in [1.29, 1.82) is 0 Å². The molecule has 0 amide bonds. The zero-order valence-corrected chi connectivity index (χ0v) is 13.9. The van der Waals surface area contributed by atoms with E-state index >= 15 is 0 Å². The minimum atomic E-state index is -1.01. The number of methoxy groups -OCH3 is 4. The third kappa shape index (κ3) is 3.42. The third-order valence-corrected chi connectivity index (χ3v) is 3.47. The van der Waals surface area contributed by atoms with Crippen LogP contribution in [0.1, 0.15) is 11.1 Å². The molecule has 0 atom stereocenters. The quantitative estimate of drug-likeness (QED) is 0.729. The number of benzene rings is 2. The van der Waals surface area contributed by atoms with Crippen molar-refractivity contribution in [2.75, 3.05) is 28.4 Å². The molecule has 4 nitrogen and oxygen atoms in total. The summed E-state index contributed by atoms with van der Waals surface area (Å²) in [4.78, 5) is 0. The highest BCUT2D eigenvalue weighted by molar-refractivity contribution is 5.84. The van der Waals surface area contributed by atoms with Gasteiger partial charge in [0.15, 0.2) is 34.7 Å². The fourth-order valence-electron chi connectivity index (χ4n) is 2.20. The molecular weight excluding hydrogens is 318 g/mol. The smallest absolute Gasteiger partial charge is 0.166 e. The second-order valence-corrected chi connectivity index (χ2v) is 4.77. The average Bonchev–Trinajstić information content (AvgIpc) is 2.65. The van der Waals surface area contributed by atoms with Gasteiger partial charge < -0.3 is 18.9 Å². The van der Waals surface area contributed by atoms with Crippen molar-refractivity contribution in [3.63, 3.8) is 0 Å². The molecule has 0 heterocycles. The van der Waals surface area contributed by atoms with Crippen LogP contribution in [0.5, 0.6) is 23.0 Å². The lowest BCUT2D eigenvalue weighted by Crippen LogP contribution is -1.93. The van der Waals surface area contributed by atoms with Crippen LogP contribution in [0.2, 0.25) is 0 Å². The number of rotatable bonds is 6. The topological polar surface area (TPSA) is 36.9 Å². The Bertz CT molecular complexity index is 693.